The molecule has 8 heteroatoms. The summed E-state index contributed by atoms with van der Waals surface area (Å²) in [7, 11) is 4.14. The molecule has 8 nitrogen and oxygen atoms in total. The summed E-state index contributed by atoms with van der Waals surface area (Å²) in [5.74, 6) is -0.884. The van der Waals surface area contributed by atoms with Crippen LogP contribution in [0.5, 0.6) is 11.5 Å². The number of fused-ring (bicyclic) bond motifs is 1. The van der Waals surface area contributed by atoms with Crippen molar-refractivity contribution in [3.63, 3.8) is 0 Å². The Bertz CT molecular complexity index is 1250. The highest BCUT2D eigenvalue weighted by atomic mass is 16.5. The number of carbonyl (C=O) groups excluding carboxylic acids is 3. The van der Waals surface area contributed by atoms with Crippen LogP contribution in [0.25, 0.3) is 0 Å². The van der Waals surface area contributed by atoms with Gasteiger partial charge in [0.25, 0.3) is 5.91 Å². The Hall–Kier alpha value is -4.33. The number of carbonyl (C=O) groups is 3. The van der Waals surface area contributed by atoms with E-state index < -0.39 is 23.9 Å². The maximum absolute atomic E-state index is 13.1. The predicted molar refractivity (Wildman–Crippen MR) is 124 cm³/mol. The minimum Gasteiger partial charge on any atom is -0.493 e. The van der Waals surface area contributed by atoms with Crippen LogP contribution in [0.4, 0.5) is 5.69 Å². The van der Waals surface area contributed by atoms with E-state index in [0.29, 0.717) is 34.6 Å². The van der Waals surface area contributed by atoms with Gasteiger partial charge in [-0.2, -0.15) is 0 Å². The van der Waals surface area contributed by atoms with Gasteiger partial charge in [-0.15, -0.1) is 0 Å². The van der Waals surface area contributed by atoms with Crippen LogP contribution in [-0.4, -0.2) is 39.2 Å². The van der Waals surface area contributed by atoms with Crippen LogP contribution in [0, 0.1) is 0 Å². The van der Waals surface area contributed by atoms with Crippen molar-refractivity contribution in [1.82, 2.24) is 0 Å². The predicted octanol–water partition coefficient (Wildman–Crippen LogP) is 4.20. The van der Waals surface area contributed by atoms with Crippen molar-refractivity contribution in [3.05, 3.63) is 88.5 Å². The van der Waals surface area contributed by atoms with Gasteiger partial charge in [0, 0.05) is 24.1 Å². The van der Waals surface area contributed by atoms with Crippen molar-refractivity contribution < 1.29 is 33.3 Å². The number of nitrogens with one attached hydrogen (secondary N) is 1. The summed E-state index contributed by atoms with van der Waals surface area (Å²) in [6, 6.07) is 17.1. The Morgan fingerprint density at radius 2 is 1.65 bits per heavy atom. The molecule has 1 N–H and O–H groups in total. The van der Waals surface area contributed by atoms with Crippen molar-refractivity contribution in [2.24, 2.45) is 0 Å². The molecular formula is C26H23NO7. The van der Waals surface area contributed by atoms with Crippen LogP contribution in [-0.2, 0) is 15.9 Å². The molecule has 0 bridgehead atoms. The quantitative estimate of drug-likeness (QED) is 0.549. The molecular weight excluding hydrogens is 438 g/mol. The zero-order valence-corrected chi connectivity index (χ0v) is 18.9. The molecule has 3 aromatic rings. The zero-order chi connectivity index (χ0) is 24.2. The smallest absolute Gasteiger partial charge is 0.340 e. The second kappa shape index (κ2) is 9.66. The van der Waals surface area contributed by atoms with E-state index in [2.05, 4.69) is 5.32 Å². The van der Waals surface area contributed by atoms with Crippen molar-refractivity contribution in [3.8, 4) is 11.5 Å². The third-order valence-corrected chi connectivity index (χ3v) is 5.59. The van der Waals surface area contributed by atoms with Crippen LogP contribution < -0.4 is 14.8 Å². The first-order chi connectivity index (χ1) is 16.4. The van der Waals surface area contributed by atoms with Gasteiger partial charge in [0.2, 0.25) is 0 Å². The van der Waals surface area contributed by atoms with Gasteiger partial charge in [-0.05, 0) is 29.3 Å². The number of amides is 1. The van der Waals surface area contributed by atoms with Gasteiger partial charge in [0.15, 0.2) is 11.5 Å². The van der Waals surface area contributed by atoms with E-state index in [4.69, 9.17) is 18.9 Å². The number of ether oxygens (including phenoxy) is 4. The summed E-state index contributed by atoms with van der Waals surface area (Å²) in [6.45, 7) is 0. The van der Waals surface area contributed by atoms with Crippen LogP contribution in [0.1, 0.15) is 48.3 Å². The fourth-order valence-electron chi connectivity index (χ4n) is 3.85. The molecule has 174 valence electrons. The Balaban J connectivity index is 1.64. The molecule has 0 aromatic heterocycles. The molecule has 4 rings (SSSR count). The summed E-state index contributed by atoms with van der Waals surface area (Å²) < 4.78 is 21.0. The molecule has 1 amide bonds. The molecule has 0 saturated carbocycles. The second-order valence-electron chi connectivity index (χ2n) is 7.58. The first kappa shape index (κ1) is 22.8. The highest BCUT2D eigenvalue weighted by molar-refractivity contribution is 6.09. The van der Waals surface area contributed by atoms with Crippen molar-refractivity contribution in [2.45, 2.75) is 12.5 Å². The third-order valence-electron chi connectivity index (χ3n) is 5.59. The van der Waals surface area contributed by atoms with Gasteiger partial charge >= 0.3 is 11.9 Å². The lowest BCUT2D eigenvalue weighted by molar-refractivity contribution is 0.0252. The maximum Gasteiger partial charge on any atom is 0.340 e. The van der Waals surface area contributed by atoms with Gasteiger partial charge in [-0.25, -0.2) is 9.59 Å². The molecule has 1 aliphatic rings. The summed E-state index contributed by atoms with van der Waals surface area (Å²) >= 11 is 0. The van der Waals surface area contributed by atoms with Crippen LogP contribution in [0.2, 0.25) is 0 Å². The molecule has 1 heterocycles. The Kier molecular flexibility index (Phi) is 6.49. The van der Waals surface area contributed by atoms with Crippen molar-refractivity contribution >= 4 is 23.5 Å². The van der Waals surface area contributed by atoms with Gasteiger partial charge in [-0.3, -0.25) is 4.79 Å². The molecule has 0 aliphatic carbocycles. The Morgan fingerprint density at radius 3 is 2.32 bits per heavy atom. The lowest BCUT2D eigenvalue weighted by atomic mass is 9.93. The topological polar surface area (TPSA) is 100 Å². The highest BCUT2D eigenvalue weighted by Crippen LogP contribution is 2.35. The minimum atomic E-state index is -0.643. The molecule has 0 spiro atoms. The Labute approximate surface area is 196 Å². The highest BCUT2D eigenvalue weighted by Gasteiger charge is 2.28. The molecule has 3 aromatic carbocycles. The normalized spacial score (nSPS) is 14.4. The average Bonchev–Trinajstić information content (AvgIpc) is 2.87. The Morgan fingerprint density at radius 1 is 0.941 bits per heavy atom. The fourth-order valence-corrected chi connectivity index (χ4v) is 3.85. The van der Waals surface area contributed by atoms with Crippen LogP contribution in [0.3, 0.4) is 0 Å². The van der Waals surface area contributed by atoms with E-state index in [1.165, 1.54) is 39.5 Å². The number of cyclic esters (lactones) is 1. The maximum atomic E-state index is 13.1. The molecule has 0 radical (unpaired) electrons. The molecule has 0 fully saturated rings. The van der Waals surface area contributed by atoms with E-state index in [-0.39, 0.29) is 11.3 Å². The standard InChI is InChI=1S/C26H23NO7/c1-31-22-13-19(25(29)33-3)20(14-23(22)32-2)27-24(28)16-9-10-18-17(11-16)12-21(34-26(18)30)15-7-5-4-6-8-15/h4-11,13-14,21H,12H2,1-3H3,(H,27,28)/t21-/m0/s1. The number of hydrogen-bond acceptors (Lipinski definition) is 7. The molecule has 0 unspecified atom stereocenters. The van der Waals surface area contributed by atoms with Crippen LogP contribution >= 0.6 is 0 Å². The monoisotopic (exact) mass is 461 g/mol. The number of hydrogen-bond donors (Lipinski definition) is 1. The number of benzene rings is 3. The summed E-state index contributed by atoms with van der Waals surface area (Å²) in [5, 5.41) is 2.74. The number of anilines is 1. The molecule has 1 aliphatic heterocycles. The number of rotatable bonds is 6. The SMILES string of the molecule is COC(=O)c1cc(OC)c(OC)cc1NC(=O)c1ccc2c(c1)C[C@@H](c1ccccc1)OC2=O. The fraction of sp³-hybridized carbons (Fsp3) is 0.192. The van der Waals surface area contributed by atoms with Gasteiger partial charge in [0.05, 0.1) is 38.1 Å². The molecule has 0 saturated heterocycles. The van der Waals surface area contributed by atoms with E-state index in [9.17, 15) is 14.4 Å². The number of methoxy groups -OCH3 is 3. The van der Waals surface area contributed by atoms with E-state index in [1.54, 1.807) is 12.1 Å². The number of esters is 2. The van der Waals surface area contributed by atoms with E-state index >= 15 is 0 Å². The zero-order valence-electron chi connectivity index (χ0n) is 18.9. The minimum absolute atomic E-state index is 0.110. The van der Waals surface area contributed by atoms with Crippen molar-refractivity contribution in [1.29, 1.82) is 0 Å². The van der Waals surface area contributed by atoms with E-state index in [1.807, 2.05) is 30.3 Å². The summed E-state index contributed by atoms with van der Waals surface area (Å²) in [4.78, 5) is 37.9. The summed E-state index contributed by atoms with van der Waals surface area (Å²) in [6.07, 6.45) is 0.00646. The average molecular weight is 461 g/mol. The first-order valence-corrected chi connectivity index (χ1v) is 10.5. The van der Waals surface area contributed by atoms with Crippen molar-refractivity contribution in [2.75, 3.05) is 26.6 Å². The third kappa shape index (κ3) is 4.43. The first-order valence-electron chi connectivity index (χ1n) is 10.5. The molecule has 34 heavy (non-hydrogen) atoms. The van der Waals surface area contributed by atoms with Gasteiger partial charge < -0.3 is 24.3 Å². The molecule has 1 atom stereocenters. The lowest BCUT2D eigenvalue weighted by Gasteiger charge is -2.25. The largest absolute Gasteiger partial charge is 0.493 e. The van der Waals surface area contributed by atoms with Gasteiger partial charge in [0.1, 0.15) is 6.10 Å². The summed E-state index contributed by atoms with van der Waals surface area (Å²) in [5.41, 5.74) is 2.64. The van der Waals surface area contributed by atoms with E-state index in [0.717, 1.165) is 5.56 Å². The van der Waals surface area contributed by atoms with Gasteiger partial charge in [-0.1, -0.05) is 30.3 Å². The second-order valence-corrected chi connectivity index (χ2v) is 7.58. The lowest BCUT2D eigenvalue weighted by Crippen LogP contribution is -2.23. The van der Waals surface area contributed by atoms with Crippen LogP contribution in [0.15, 0.2) is 60.7 Å².